The Hall–Kier alpha value is -0.460. The fraction of sp³-hybridized carbons (Fsp3) is 0.500. The largest absolute Gasteiger partial charge is 0.388 e. The van der Waals surface area contributed by atoms with E-state index < -0.39 is 0 Å². The molecular formula is C4H7N. The van der Waals surface area contributed by atoms with Crippen LogP contribution >= 0.6 is 0 Å². The summed E-state index contributed by atoms with van der Waals surface area (Å²) in [6.07, 6.45) is 1.18. The van der Waals surface area contributed by atoms with Gasteiger partial charge in [0.25, 0.3) is 0 Å². The van der Waals surface area contributed by atoms with Crippen LogP contribution in [0.1, 0.15) is 6.42 Å². The summed E-state index contributed by atoms with van der Waals surface area (Å²) in [5.41, 5.74) is 1.19. The van der Waals surface area contributed by atoms with Crippen molar-refractivity contribution in [1.82, 2.24) is 5.32 Å². The van der Waals surface area contributed by atoms with E-state index in [1.165, 1.54) is 12.1 Å². The molecule has 0 amide bonds. The molecule has 28 valence electrons. The standard InChI is InChI=1S/C4H7N/c1-4-2-3-5-4/h5H,1-3H2. The van der Waals surface area contributed by atoms with Crippen molar-refractivity contribution in [3.63, 3.8) is 0 Å². The first-order valence-corrected chi connectivity index (χ1v) is 1.81. The summed E-state index contributed by atoms with van der Waals surface area (Å²) in [7, 11) is 0. The van der Waals surface area contributed by atoms with Crippen molar-refractivity contribution in [2.75, 3.05) is 6.54 Å². The lowest BCUT2D eigenvalue weighted by atomic mass is 10.2. The van der Waals surface area contributed by atoms with Crippen molar-refractivity contribution >= 4 is 0 Å². The van der Waals surface area contributed by atoms with Crippen LogP contribution in [0, 0.1) is 0 Å². The zero-order valence-corrected chi connectivity index (χ0v) is 3.12. The quantitative estimate of drug-likeness (QED) is 0.436. The molecule has 0 aromatic carbocycles. The predicted molar refractivity (Wildman–Crippen MR) is 21.8 cm³/mol. The van der Waals surface area contributed by atoms with Crippen molar-refractivity contribution < 1.29 is 0 Å². The molecule has 1 aliphatic heterocycles. The maximum atomic E-state index is 3.65. The molecule has 1 rings (SSSR count). The highest BCUT2D eigenvalue weighted by molar-refractivity contribution is 4.99. The molecular weight excluding hydrogens is 62.1 g/mol. The highest BCUT2D eigenvalue weighted by Gasteiger charge is 1.99. The Labute approximate surface area is 31.7 Å². The van der Waals surface area contributed by atoms with Gasteiger partial charge in [0, 0.05) is 18.7 Å². The van der Waals surface area contributed by atoms with Crippen LogP contribution in [0.5, 0.6) is 0 Å². The molecule has 1 fully saturated rings. The molecule has 1 aliphatic rings. The summed E-state index contributed by atoms with van der Waals surface area (Å²) < 4.78 is 0. The molecule has 0 radical (unpaired) electrons. The van der Waals surface area contributed by atoms with Crippen molar-refractivity contribution in [2.24, 2.45) is 0 Å². The van der Waals surface area contributed by atoms with E-state index in [1.807, 2.05) is 0 Å². The molecule has 5 heavy (non-hydrogen) atoms. The van der Waals surface area contributed by atoms with Crippen LogP contribution in [0.3, 0.4) is 0 Å². The molecule has 1 heteroatoms. The minimum Gasteiger partial charge on any atom is -0.388 e. The van der Waals surface area contributed by atoms with Crippen LogP contribution in [0.2, 0.25) is 0 Å². The molecule has 0 bridgehead atoms. The predicted octanol–water partition coefficient (Wildman–Crippen LogP) is 0.493. The Bertz CT molecular complexity index is 50.7. The van der Waals surface area contributed by atoms with Crippen molar-refractivity contribution in [1.29, 1.82) is 0 Å². The van der Waals surface area contributed by atoms with E-state index in [9.17, 15) is 0 Å². The molecule has 1 nitrogen and oxygen atoms in total. The number of hydrogen-bond acceptors (Lipinski definition) is 1. The Balaban J connectivity index is 2.32. The van der Waals surface area contributed by atoms with Gasteiger partial charge in [-0.15, -0.1) is 0 Å². The number of nitrogens with one attached hydrogen (secondary N) is 1. The number of rotatable bonds is 0. The van der Waals surface area contributed by atoms with Crippen LogP contribution in [-0.4, -0.2) is 6.54 Å². The highest BCUT2D eigenvalue weighted by Crippen LogP contribution is 1.99. The third-order valence-corrected chi connectivity index (χ3v) is 0.802. The van der Waals surface area contributed by atoms with Crippen molar-refractivity contribution in [3.8, 4) is 0 Å². The van der Waals surface area contributed by atoms with Gasteiger partial charge in [0.2, 0.25) is 0 Å². The molecule has 1 heterocycles. The molecule has 0 saturated carbocycles. The molecule has 0 aromatic heterocycles. The lowest BCUT2D eigenvalue weighted by molar-refractivity contribution is 0.638. The smallest absolute Gasteiger partial charge is 0.0198 e. The number of hydrogen-bond donors (Lipinski definition) is 1. The summed E-state index contributed by atoms with van der Waals surface area (Å²) in [4.78, 5) is 0. The van der Waals surface area contributed by atoms with E-state index in [0.29, 0.717) is 0 Å². The van der Waals surface area contributed by atoms with Crippen molar-refractivity contribution in [2.45, 2.75) is 6.42 Å². The first kappa shape index (κ1) is 2.76. The van der Waals surface area contributed by atoms with Gasteiger partial charge in [-0.05, 0) is 0 Å². The van der Waals surface area contributed by atoms with Crippen LogP contribution in [-0.2, 0) is 0 Å². The zero-order chi connectivity index (χ0) is 3.70. The first-order chi connectivity index (χ1) is 2.39. The normalized spacial score (nSPS) is 20.4. The van der Waals surface area contributed by atoms with Crippen LogP contribution in [0.25, 0.3) is 0 Å². The monoisotopic (exact) mass is 69.1 g/mol. The van der Waals surface area contributed by atoms with Gasteiger partial charge in [0.1, 0.15) is 0 Å². The summed E-state index contributed by atoms with van der Waals surface area (Å²) >= 11 is 0. The molecule has 1 saturated heterocycles. The first-order valence-electron chi connectivity index (χ1n) is 1.81. The lowest BCUT2D eigenvalue weighted by Crippen LogP contribution is -2.26. The molecule has 0 atom stereocenters. The van der Waals surface area contributed by atoms with E-state index in [4.69, 9.17) is 0 Å². The molecule has 0 aromatic rings. The summed E-state index contributed by atoms with van der Waals surface area (Å²) in [6.45, 7) is 4.79. The van der Waals surface area contributed by atoms with E-state index in [2.05, 4.69) is 11.9 Å². The Morgan fingerprint density at radius 1 is 1.80 bits per heavy atom. The van der Waals surface area contributed by atoms with Gasteiger partial charge in [-0.1, -0.05) is 6.58 Å². The summed E-state index contributed by atoms with van der Waals surface area (Å²) in [5.74, 6) is 0. The Morgan fingerprint density at radius 2 is 2.20 bits per heavy atom. The van der Waals surface area contributed by atoms with Gasteiger partial charge in [0.05, 0.1) is 0 Å². The van der Waals surface area contributed by atoms with Gasteiger partial charge >= 0.3 is 0 Å². The van der Waals surface area contributed by atoms with Crippen LogP contribution in [0.15, 0.2) is 12.3 Å². The fourth-order valence-corrected chi connectivity index (χ4v) is 0.302. The van der Waals surface area contributed by atoms with Gasteiger partial charge in [-0.3, -0.25) is 0 Å². The van der Waals surface area contributed by atoms with Gasteiger partial charge in [0.15, 0.2) is 0 Å². The summed E-state index contributed by atoms with van der Waals surface area (Å²) in [6, 6.07) is 0. The molecule has 0 aliphatic carbocycles. The van der Waals surface area contributed by atoms with E-state index >= 15 is 0 Å². The lowest BCUT2D eigenvalue weighted by Gasteiger charge is -2.16. The summed E-state index contributed by atoms with van der Waals surface area (Å²) in [5, 5.41) is 3.01. The second-order valence-corrected chi connectivity index (χ2v) is 1.28. The topological polar surface area (TPSA) is 12.0 Å². The van der Waals surface area contributed by atoms with Gasteiger partial charge < -0.3 is 5.32 Å². The maximum Gasteiger partial charge on any atom is 0.0198 e. The third-order valence-electron chi connectivity index (χ3n) is 0.802. The van der Waals surface area contributed by atoms with Gasteiger partial charge in [-0.25, -0.2) is 0 Å². The van der Waals surface area contributed by atoms with Crippen molar-refractivity contribution in [3.05, 3.63) is 12.3 Å². The van der Waals surface area contributed by atoms with E-state index in [1.54, 1.807) is 0 Å². The third kappa shape index (κ3) is 0.274. The average molecular weight is 69.1 g/mol. The zero-order valence-electron chi connectivity index (χ0n) is 3.12. The van der Waals surface area contributed by atoms with Crippen LogP contribution < -0.4 is 5.32 Å². The van der Waals surface area contributed by atoms with E-state index in [0.717, 1.165) is 6.54 Å². The molecule has 1 N–H and O–H groups in total. The Kier molecular flexibility index (Phi) is 0.411. The second kappa shape index (κ2) is 0.744. The van der Waals surface area contributed by atoms with Crippen LogP contribution in [0.4, 0.5) is 0 Å². The fourth-order valence-electron chi connectivity index (χ4n) is 0.302. The minimum absolute atomic E-state index is 1.14. The SMILES string of the molecule is C=C1CCN1. The maximum absolute atomic E-state index is 3.65. The average Bonchev–Trinajstić information content (AvgIpc) is 1.30. The Morgan fingerprint density at radius 3 is 2.20 bits per heavy atom. The second-order valence-electron chi connectivity index (χ2n) is 1.28. The highest BCUT2D eigenvalue weighted by atomic mass is 14.9. The van der Waals surface area contributed by atoms with E-state index in [-0.39, 0.29) is 0 Å². The molecule has 0 spiro atoms. The minimum atomic E-state index is 1.14. The molecule has 0 unspecified atom stereocenters. The van der Waals surface area contributed by atoms with Gasteiger partial charge in [-0.2, -0.15) is 0 Å².